The summed E-state index contributed by atoms with van der Waals surface area (Å²) in [7, 11) is 1.36. The molecule has 1 N–H and O–H groups in total. The lowest BCUT2D eigenvalue weighted by Gasteiger charge is -2.32. The van der Waals surface area contributed by atoms with E-state index in [4.69, 9.17) is 9.47 Å². The third-order valence-corrected chi connectivity index (χ3v) is 4.95. The molecule has 0 aromatic heterocycles. The van der Waals surface area contributed by atoms with E-state index in [2.05, 4.69) is 5.32 Å². The Balaban J connectivity index is 0.00000261. The van der Waals surface area contributed by atoms with Crippen molar-refractivity contribution in [3.63, 3.8) is 0 Å². The number of nitro groups is 1. The summed E-state index contributed by atoms with van der Waals surface area (Å²) in [6.07, 6.45) is 4.61. The van der Waals surface area contributed by atoms with Crippen LogP contribution in [-0.4, -0.2) is 55.1 Å². The van der Waals surface area contributed by atoms with Crippen molar-refractivity contribution in [3.8, 4) is 11.5 Å². The van der Waals surface area contributed by atoms with E-state index in [1.165, 1.54) is 38.2 Å². The number of hydrogen-bond donors (Lipinski definition) is 1. The normalized spacial score (nSPS) is 17.1. The largest absolute Gasteiger partial charge is 0.490 e. The van der Waals surface area contributed by atoms with Gasteiger partial charge in [-0.15, -0.1) is 12.4 Å². The number of nitrogens with zero attached hydrogens (tertiary/aromatic N) is 2. The summed E-state index contributed by atoms with van der Waals surface area (Å²) in [5.41, 5.74) is -0.132. The number of methoxy groups -OCH3 is 1. The molecule has 1 aromatic carbocycles. The van der Waals surface area contributed by atoms with Crippen LogP contribution >= 0.6 is 12.4 Å². The summed E-state index contributed by atoms with van der Waals surface area (Å²) in [5.74, 6) is 1.29. The second kappa shape index (κ2) is 9.75. The lowest BCUT2D eigenvalue weighted by Crippen LogP contribution is -2.46. The highest BCUT2D eigenvalue weighted by Crippen LogP contribution is 2.31. The molecule has 1 heterocycles. The maximum absolute atomic E-state index is 12.3. The Hall–Kier alpha value is -2.06. The zero-order valence-corrected chi connectivity index (χ0v) is 16.2. The van der Waals surface area contributed by atoms with Gasteiger partial charge in [0, 0.05) is 31.3 Å². The third kappa shape index (κ3) is 5.97. The molecule has 0 spiro atoms. The van der Waals surface area contributed by atoms with E-state index < -0.39 is 4.92 Å². The fourth-order valence-electron chi connectivity index (χ4n) is 3.12. The SMILES string of the molecule is COc1cc(OCC(=O)N2CCC(NCC3CC3)CC2)ccc1[N+](=O)[O-].Cl. The molecule has 8 nitrogen and oxygen atoms in total. The molecule has 3 rings (SSSR count). The first-order valence-corrected chi connectivity index (χ1v) is 9.03. The predicted octanol–water partition coefficient (Wildman–Crippen LogP) is 2.39. The summed E-state index contributed by atoms with van der Waals surface area (Å²) in [5, 5.41) is 14.5. The average Bonchev–Trinajstić information content (AvgIpc) is 3.49. The molecular weight excluding hydrogens is 374 g/mol. The number of rotatable bonds is 8. The number of amides is 1. The van der Waals surface area contributed by atoms with Gasteiger partial charge in [-0.25, -0.2) is 0 Å². The molecule has 2 fully saturated rings. The molecule has 0 radical (unpaired) electrons. The van der Waals surface area contributed by atoms with Crippen LogP contribution in [0.1, 0.15) is 25.7 Å². The van der Waals surface area contributed by atoms with Gasteiger partial charge in [-0.05, 0) is 44.2 Å². The van der Waals surface area contributed by atoms with Gasteiger partial charge >= 0.3 is 5.69 Å². The topological polar surface area (TPSA) is 93.9 Å². The van der Waals surface area contributed by atoms with Gasteiger partial charge in [-0.2, -0.15) is 0 Å². The minimum Gasteiger partial charge on any atom is -0.490 e. The van der Waals surface area contributed by atoms with Crippen molar-refractivity contribution in [1.82, 2.24) is 10.2 Å². The van der Waals surface area contributed by atoms with E-state index in [-0.39, 0.29) is 36.4 Å². The minimum atomic E-state index is -0.519. The highest BCUT2D eigenvalue weighted by atomic mass is 35.5. The number of piperidine rings is 1. The second-order valence-corrected chi connectivity index (χ2v) is 6.89. The molecule has 0 atom stereocenters. The Bertz CT molecular complexity index is 660. The number of carbonyl (C=O) groups excluding carboxylic acids is 1. The van der Waals surface area contributed by atoms with Crippen LogP contribution in [0, 0.1) is 16.0 Å². The number of nitro benzene ring substituents is 1. The van der Waals surface area contributed by atoms with Crippen LogP contribution in [0.15, 0.2) is 18.2 Å². The van der Waals surface area contributed by atoms with Crippen LogP contribution in [0.3, 0.4) is 0 Å². The molecule has 150 valence electrons. The van der Waals surface area contributed by atoms with Crippen molar-refractivity contribution in [3.05, 3.63) is 28.3 Å². The highest BCUT2D eigenvalue weighted by molar-refractivity contribution is 5.85. The van der Waals surface area contributed by atoms with Gasteiger partial charge < -0.3 is 19.7 Å². The Morgan fingerprint density at radius 1 is 1.30 bits per heavy atom. The number of halogens is 1. The molecule has 1 saturated heterocycles. The summed E-state index contributed by atoms with van der Waals surface area (Å²) < 4.78 is 10.5. The lowest BCUT2D eigenvalue weighted by atomic mass is 10.0. The highest BCUT2D eigenvalue weighted by Gasteiger charge is 2.26. The quantitative estimate of drug-likeness (QED) is 0.533. The first-order valence-electron chi connectivity index (χ1n) is 9.03. The molecule has 1 saturated carbocycles. The number of nitrogens with one attached hydrogen (secondary N) is 1. The third-order valence-electron chi connectivity index (χ3n) is 4.95. The number of likely N-dealkylation sites (tertiary alicyclic amines) is 1. The average molecular weight is 400 g/mol. The number of hydrogen-bond acceptors (Lipinski definition) is 6. The van der Waals surface area contributed by atoms with Gasteiger partial charge in [0.25, 0.3) is 5.91 Å². The van der Waals surface area contributed by atoms with Crippen LogP contribution in [0.5, 0.6) is 11.5 Å². The second-order valence-electron chi connectivity index (χ2n) is 6.89. The van der Waals surface area contributed by atoms with E-state index in [0.29, 0.717) is 11.8 Å². The zero-order valence-electron chi connectivity index (χ0n) is 15.4. The smallest absolute Gasteiger partial charge is 0.311 e. The van der Waals surface area contributed by atoms with Gasteiger partial charge in [0.15, 0.2) is 6.61 Å². The monoisotopic (exact) mass is 399 g/mol. The molecule has 1 amide bonds. The first-order chi connectivity index (χ1) is 12.6. The zero-order chi connectivity index (χ0) is 18.5. The van der Waals surface area contributed by atoms with Crippen LogP contribution < -0.4 is 14.8 Å². The van der Waals surface area contributed by atoms with Crippen LogP contribution in [0.25, 0.3) is 0 Å². The van der Waals surface area contributed by atoms with Crippen LogP contribution in [0.2, 0.25) is 0 Å². The van der Waals surface area contributed by atoms with Crippen LogP contribution in [0.4, 0.5) is 5.69 Å². The van der Waals surface area contributed by atoms with Gasteiger partial charge in [-0.1, -0.05) is 0 Å². The lowest BCUT2D eigenvalue weighted by molar-refractivity contribution is -0.385. The van der Waals surface area contributed by atoms with E-state index in [1.54, 1.807) is 0 Å². The summed E-state index contributed by atoms with van der Waals surface area (Å²) in [6.45, 7) is 2.48. The molecule has 1 aromatic rings. The van der Waals surface area contributed by atoms with Crippen molar-refractivity contribution in [1.29, 1.82) is 0 Å². The first kappa shape index (κ1) is 21.2. The fraction of sp³-hybridized carbons (Fsp3) is 0.611. The van der Waals surface area contributed by atoms with Gasteiger partial charge in [-0.3, -0.25) is 14.9 Å². The maximum atomic E-state index is 12.3. The van der Waals surface area contributed by atoms with Gasteiger partial charge in [0.1, 0.15) is 5.75 Å². The van der Waals surface area contributed by atoms with Crippen molar-refractivity contribution in [2.45, 2.75) is 31.7 Å². The van der Waals surface area contributed by atoms with E-state index in [1.807, 2.05) is 4.90 Å². The maximum Gasteiger partial charge on any atom is 0.311 e. The molecular formula is C18H26ClN3O5. The van der Waals surface area contributed by atoms with Gasteiger partial charge in [0.2, 0.25) is 5.75 Å². The van der Waals surface area contributed by atoms with Crippen molar-refractivity contribution < 1.29 is 19.2 Å². The van der Waals surface area contributed by atoms with Crippen LogP contribution in [-0.2, 0) is 4.79 Å². The van der Waals surface area contributed by atoms with E-state index in [9.17, 15) is 14.9 Å². The number of benzene rings is 1. The Morgan fingerprint density at radius 3 is 2.59 bits per heavy atom. The molecule has 1 aliphatic heterocycles. The molecule has 27 heavy (non-hydrogen) atoms. The van der Waals surface area contributed by atoms with E-state index >= 15 is 0 Å². The van der Waals surface area contributed by atoms with Crippen molar-refractivity contribution >= 4 is 24.0 Å². The predicted molar refractivity (Wildman–Crippen MR) is 103 cm³/mol. The fourth-order valence-corrected chi connectivity index (χ4v) is 3.12. The summed E-state index contributed by atoms with van der Waals surface area (Å²) >= 11 is 0. The standard InChI is InChI=1S/C18H25N3O5.ClH/c1-25-17-10-15(4-5-16(17)21(23)24)26-12-18(22)20-8-6-14(7-9-20)19-11-13-2-3-13;/h4-5,10,13-14,19H,2-3,6-9,11-12H2,1H3;1H. The minimum absolute atomic E-state index is 0. The Kier molecular flexibility index (Phi) is 7.67. The van der Waals surface area contributed by atoms with Gasteiger partial charge in [0.05, 0.1) is 12.0 Å². The van der Waals surface area contributed by atoms with Crippen molar-refractivity contribution in [2.75, 3.05) is 33.4 Å². The summed E-state index contributed by atoms with van der Waals surface area (Å²) in [6, 6.07) is 4.72. The number of carbonyl (C=O) groups is 1. The molecule has 9 heteroatoms. The Labute approximate surface area is 164 Å². The molecule has 1 aliphatic carbocycles. The van der Waals surface area contributed by atoms with Crippen molar-refractivity contribution in [2.24, 2.45) is 5.92 Å². The molecule has 0 bridgehead atoms. The molecule has 0 unspecified atom stereocenters. The Morgan fingerprint density at radius 2 is 2.00 bits per heavy atom. The molecule has 2 aliphatic rings. The number of ether oxygens (including phenoxy) is 2. The summed E-state index contributed by atoms with van der Waals surface area (Å²) in [4.78, 5) is 24.5. The van der Waals surface area contributed by atoms with E-state index in [0.717, 1.165) is 38.4 Å².